The van der Waals surface area contributed by atoms with Gasteiger partial charge in [-0.15, -0.1) is 0 Å². The van der Waals surface area contributed by atoms with E-state index in [0.29, 0.717) is 0 Å². The average molecular weight is 163 g/mol. The fraction of sp³-hybridized carbons (Fsp3) is 0.500. The molecule has 0 aliphatic carbocycles. The van der Waals surface area contributed by atoms with E-state index < -0.39 is 0 Å². The summed E-state index contributed by atoms with van der Waals surface area (Å²) in [7, 11) is 0. The van der Waals surface area contributed by atoms with Crippen molar-refractivity contribution in [3.8, 4) is 0 Å². The van der Waals surface area contributed by atoms with Gasteiger partial charge in [-0.05, 0) is 39.2 Å². The van der Waals surface area contributed by atoms with Crippen LogP contribution in [0.25, 0.3) is 0 Å². The normalized spacial score (nSPS) is 13.4. The molecular weight excluding hydrogens is 144 g/mol. The summed E-state index contributed by atoms with van der Waals surface area (Å²) in [6.07, 6.45) is 15.0. The van der Waals surface area contributed by atoms with Gasteiger partial charge in [-0.3, -0.25) is 0 Å². The van der Waals surface area contributed by atoms with Crippen molar-refractivity contribution in [3.63, 3.8) is 0 Å². The van der Waals surface area contributed by atoms with Crippen LogP contribution in [-0.2, 0) is 0 Å². The van der Waals surface area contributed by atoms with Crippen molar-refractivity contribution in [2.45, 2.75) is 40.0 Å². The van der Waals surface area contributed by atoms with Crippen LogP contribution in [0.3, 0.4) is 0 Å². The van der Waals surface area contributed by atoms with E-state index in [1.807, 2.05) is 6.92 Å². The fourth-order valence-corrected chi connectivity index (χ4v) is 0.850. The monoisotopic (exact) mass is 163 g/mol. The Balaban J connectivity index is 3.62. The molecule has 0 unspecified atom stereocenters. The molecule has 0 spiro atoms. The van der Waals surface area contributed by atoms with Gasteiger partial charge in [0.2, 0.25) is 0 Å². The van der Waals surface area contributed by atoms with E-state index in [1.54, 1.807) is 0 Å². The highest BCUT2D eigenvalue weighted by molar-refractivity contribution is 5.02. The lowest BCUT2D eigenvalue weighted by atomic mass is 10.1. The van der Waals surface area contributed by atoms with Crippen LogP contribution in [0, 0.1) is 6.08 Å². The lowest BCUT2D eigenvalue weighted by Gasteiger charge is -1.92. The van der Waals surface area contributed by atoms with E-state index in [4.69, 9.17) is 0 Å². The van der Waals surface area contributed by atoms with Gasteiger partial charge in [0, 0.05) is 0 Å². The Hall–Kier alpha value is -0.780. The van der Waals surface area contributed by atoms with Gasteiger partial charge in [-0.1, -0.05) is 36.8 Å². The second-order valence-corrected chi connectivity index (χ2v) is 2.81. The summed E-state index contributed by atoms with van der Waals surface area (Å²) in [6.45, 7) is 6.32. The highest BCUT2D eigenvalue weighted by Crippen LogP contribution is 2.02. The molecule has 0 heterocycles. The third-order valence-electron chi connectivity index (χ3n) is 1.58. The quantitative estimate of drug-likeness (QED) is 0.536. The number of allylic oxidation sites excluding steroid dienone is 6. The Morgan fingerprint density at radius 3 is 2.58 bits per heavy atom. The van der Waals surface area contributed by atoms with E-state index in [0.717, 1.165) is 19.3 Å². The van der Waals surface area contributed by atoms with E-state index in [1.165, 1.54) is 5.57 Å². The molecular formula is C12H19. The van der Waals surface area contributed by atoms with Crippen molar-refractivity contribution in [2.24, 2.45) is 0 Å². The topological polar surface area (TPSA) is 0 Å². The van der Waals surface area contributed by atoms with Crippen LogP contribution in [0.4, 0.5) is 0 Å². The van der Waals surface area contributed by atoms with Gasteiger partial charge >= 0.3 is 0 Å². The largest absolute Gasteiger partial charge is 0.0913 e. The minimum atomic E-state index is 0.947. The Morgan fingerprint density at radius 1 is 1.25 bits per heavy atom. The van der Waals surface area contributed by atoms with Crippen LogP contribution in [-0.4, -0.2) is 0 Å². The van der Waals surface area contributed by atoms with E-state index in [-0.39, 0.29) is 0 Å². The van der Waals surface area contributed by atoms with Crippen LogP contribution >= 0.6 is 0 Å². The van der Waals surface area contributed by atoms with E-state index in [9.17, 15) is 0 Å². The predicted molar refractivity (Wildman–Crippen MR) is 55.9 cm³/mol. The molecule has 0 N–H and O–H groups in total. The maximum atomic E-state index is 3.32. The zero-order valence-corrected chi connectivity index (χ0v) is 8.43. The maximum Gasteiger partial charge on any atom is -0.00952 e. The summed E-state index contributed by atoms with van der Waals surface area (Å²) in [5.41, 5.74) is 1.33. The van der Waals surface area contributed by atoms with Gasteiger partial charge in [-0.25, -0.2) is 0 Å². The van der Waals surface area contributed by atoms with Crippen molar-refractivity contribution in [2.75, 3.05) is 0 Å². The maximum absolute atomic E-state index is 3.32. The molecule has 0 aromatic rings. The summed E-state index contributed by atoms with van der Waals surface area (Å²) >= 11 is 0. The van der Waals surface area contributed by atoms with Gasteiger partial charge in [0.05, 0.1) is 0 Å². The van der Waals surface area contributed by atoms with Gasteiger partial charge in [-0.2, -0.15) is 0 Å². The zero-order chi connectivity index (χ0) is 9.23. The summed E-state index contributed by atoms with van der Waals surface area (Å²) < 4.78 is 0. The molecule has 0 nitrogen and oxygen atoms in total. The highest BCUT2D eigenvalue weighted by atomic mass is 13.9. The molecule has 0 aromatic heterocycles. The summed E-state index contributed by atoms with van der Waals surface area (Å²) in [5.74, 6) is 0. The van der Waals surface area contributed by atoms with Crippen molar-refractivity contribution in [3.05, 3.63) is 36.0 Å². The second kappa shape index (κ2) is 8.32. The molecule has 0 fully saturated rings. The molecule has 0 saturated carbocycles. The molecule has 0 heteroatoms. The standard InChI is InChI=1S/C12H19/c1-4-6-8-10-12(3)11-9-7-5-2/h4,6-7,9H,5,8,11H2,1-3H3. The first-order chi connectivity index (χ1) is 5.81. The van der Waals surface area contributed by atoms with E-state index in [2.05, 4.69) is 44.2 Å². The molecule has 0 bridgehead atoms. The molecule has 0 aliphatic heterocycles. The average Bonchev–Trinajstić information content (AvgIpc) is 2.06. The first-order valence-electron chi connectivity index (χ1n) is 4.63. The van der Waals surface area contributed by atoms with Gasteiger partial charge in [0.25, 0.3) is 0 Å². The third kappa shape index (κ3) is 7.33. The first-order valence-corrected chi connectivity index (χ1v) is 4.63. The highest BCUT2D eigenvalue weighted by Gasteiger charge is 1.83. The van der Waals surface area contributed by atoms with Crippen LogP contribution in [0.2, 0.25) is 0 Å². The first kappa shape index (κ1) is 11.2. The molecule has 12 heavy (non-hydrogen) atoms. The molecule has 1 radical (unpaired) electrons. The molecule has 0 rings (SSSR count). The van der Waals surface area contributed by atoms with E-state index >= 15 is 0 Å². The minimum absolute atomic E-state index is 0.947. The summed E-state index contributed by atoms with van der Waals surface area (Å²) in [4.78, 5) is 0. The van der Waals surface area contributed by atoms with Crippen molar-refractivity contribution < 1.29 is 0 Å². The summed E-state index contributed by atoms with van der Waals surface area (Å²) in [6, 6.07) is 0. The van der Waals surface area contributed by atoms with Crippen molar-refractivity contribution in [1.82, 2.24) is 0 Å². The lowest BCUT2D eigenvalue weighted by molar-refractivity contribution is 1.12. The van der Waals surface area contributed by atoms with Crippen molar-refractivity contribution in [1.29, 1.82) is 0 Å². The fourth-order valence-electron chi connectivity index (χ4n) is 0.850. The number of hydrogen-bond donors (Lipinski definition) is 0. The molecule has 0 atom stereocenters. The predicted octanol–water partition coefficient (Wildman–Crippen LogP) is 4.06. The van der Waals surface area contributed by atoms with Gasteiger partial charge in [0.1, 0.15) is 0 Å². The third-order valence-corrected chi connectivity index (χ3v) is 1.58. The molecule has 0 aliphatic rings. The Labute approximate surface area is 76.7 Å². The Morgan fingerprint density at radius 2 is 2.00 bits per heavy atom. The minimum Gasteiger partial charge on any atom is -0.0913 e. The van der Waals surface area contributed by atoms with Gasteiger partial charge in [0.15, 0.2) is 0 Å². The molecule has 0 amide bonds. The Bertz CT molecular complexity index is 170. The van der Waals surface area contributed by atoms with Crippen LogP contribution in [0.1, 0.15) is 40.0 Å². The van der Waals surface area contributed by atoms with Crippen LogP contribution < -0.4 is 0 Å². The van der Waals surface area contributed by atoms with Crippen LogP contribution in [0.15, 0.2) is 29.9 Å². The summed E-state index contributed by atoms with van der Waals surface area (Å²) in [5, 5.41) is 0. The Kier molecular flexibility index (Phi) is 7.78. The van der Waals surface area contributed by atoms with Crippen molar-refractivity contribution >= 4 is 0 Å². The molecule has 0 aromatic carbocycles. The lowest BCUT2D eigenvalue weighted by Crippen LogP contribution is -1.73. The zero-order valence-electron chi connectivity index (χ0n) is 8.43. The SMILES string of the molecule is CC=CC/[C]=C(\C)CC=CCC. The molecule has 67 valence electrons. The number of hydrogen-bond acceptors (Lipinski definition) is 0. The molecule has 0 saturated heterocycles. The second-order valence-electron chi connectivity index (χ2n) is 2.81. The smallest absolute Gasteiger partial charge is 0.00952 e. The van der Waals surface area contributed by atoms with Gasteiger partial charge < -0.3 is 0 Å². The van der Waals surface area contributed by atoms with Crippen LogP contribution in [0.5, 0.6) is 0 Å². The number of rotatable bonds is 5.